The molecule has 0 rings (SSSR count). The highest BCUT2D eigenvalue weighted by molar-refractivity contribution is 7.80. The molecule has 0 saturated carbocycles. The molecule has 0 aliphatic carbocycles. The Hall–Kier alpha value is 0.850. The van der Waals surface area contributed by atoms with Gasteiger partial charge in [0.25, 0.3) is 0 Å². The summed E-state index contributed by atoms with van der Waals surface area (Å²) in [6.07, 6.45) is 0. The standard InChI is InChI=1S/C4H12N2S.2ClH/c5-1-2-6-3-4-7;;/h6-7H,1-5H2;2*1H. The van der Waals surface area contributed by atoms with E-state index in [1.807, 2.05) is 0 Å². The van der Waals surface area contributed by atoms with Crippen LogP contribution in [0.15, 0.2) is 0 Å². The van der Waals surface area contributed by atoms with E-state index < -0.39 is 0 Å². The first-order valence-electron chi connectivity index (χ1n) is 2.43. The molecule has 0 fully saturated rings. The van der Waals surface area contributed by atoms with Crippen LogP contribution >= 0.6 is 37.4 Å². The molecule has 0 bridgehead atoms. The van der Waals surface area contributed by atoms with Crippen molar-refractivity contribution in [3.8, 4) is 0 Å². The van der Waals surface area contributed by atoms with Gasteiger partial charge >= 0.3 is 0 Å². The Balaban J connectivity index is -0.000000180. The van der Waals surface area contributed by atoms with E-state index in [0.29, 0.717) is 6.54 Å². The summed E-state index contributed by atoms with van der Waals surface area (Å²) < 4.78 is 0. The summed E-state index contributed by atoms with van der Waals surface area (Å²) in [5, 5.41) is 3.08. The van der Waals surface area contributed by atoms with Crippen molar-refractivity contribution in [2.45, 2.75) is 0 Å². The highest BCUT2D eigenvalue weighted by Gasteiger charge is 1.77. The van der Waals surface area contributed by atoms with Crippen molar-refractivity contribution in [1.82, 2.24) is 5.32 Å². The number of nitrogens with two attached hydrogens (primary N) is 1. The fourth-order valence-corrected chi connectivity index (χ4v) is 0.464. The molecule has 0 atom stereocenters. The van der Waals surface area contributed by atoms with E-state index in [2.05, 4.69) is 17.9 Å². The second kappa shape index (κ2) is 15.9. The summed E-state index contributed by atoms with van der Waals surface area (Å²) in [6.45, 7) is 2.58. The number of hydrogen-bond donors (Lipinski definition) is 3. The van der Waals surface area contributed by atoms with Crippen molar-refractivity contribution in [2.24, 2.45) is 5.73 Å². The molecule has 0 aliphatic heterocycles. The quantitative estimate of drug-likeness (QED) is 0.444. The Morgan fingerprint density at radius 1 is 1.22 bits per heavy atom. The Kier molecular flexibility index (Phi) is 29.1. The lowest BCUT2D eigenvalue weighted by molar-refractivity contribution is 0.730. The summed E-state index contributed by atoms with van der Waals surface area (Å²) in [5.74, 6) is 0.889. The third-order valence-electron chi connectivity index (χ3n) is 0.610. The number of halogens is 2. The van der Waals surface area contributed by atoms with Crippen LogP contribution in [0.2, 0.25) is 0 Å². The molecular weight excluding hydrogens is 179 g/mol. The van der Waals surface area contributed by atoms with E-state index in [9.17, 15) is 0 Å². The van der Waals surface area contributed by atoms with Gasteiger partial charge in [0.1, 0.15) is 0 Å². The summed E-state index contributed by atoms with van der Waals surface area (Å²) >= 11 is 3.99. The highest BCUT2D eigenvalue weighted by atomic mass is 35.5. The van der Waals surface area contributed by atoms with Gasteiger partial charge in [-0.15, -0.1) is 24.8 Å². The molecule has 0 spiro atoms. The van der Waals surface area contributed by atoms with Gasteiger partial charge in [0.2, 0.25) is 0 Å². The van der Waals surface area contributed by atoms with Crippen LogP contribution in [0.25, 0.3) is 0 Å². The van der Waals surface area contributed by atoms with E-state index in [0.717, 1.165) is 18.8 Å². The maximum atomic E-state index is 5.18. The van der Waals surface area contributed by atoms with Crippen molar-refractivity contribution < 1.29 is 0 Å². The third-order valence-corrected chi connectivity index (χ3v) is 0.833. The normalized spacial score (nSPS) is 7.33. The van der Waals surface area contributed by atoms with Crippen molar-refractivity contribution >= 4 is 37.4 Å². The van der Waals surface area contributed by atoms with Gasteiger partial charge in [0.05, 0.1) is 0 Å². The highest BCUT2D eigenvalue weighted by Crippen LogP contribution is 1.65. The lowest BCUT2D eigenvalue weighted by Crippen LogP contribution is -2.23. The van der Waals surface area contributed by atoms with Crippen LogP contribution in [0.1, 0.15) is 0 Å². The van der Waals surface area contributed by atoms with Crippen molar-refractivity contribution in [3.05, 3.63) is 0 Å². The SMILES string of the molecule is Cl.Cl.NCCNCCS. The average molecular weight is 193 g/mol. The second-order valence-electron chi connectivity index (χ2n) is 1.26. The molecule has 0 aromatic rings. The minimum absolute atomic E-state index is 0. The van der Waals surface area contributed by atoms with Crippen molar-refractivity contribution in [1.29, 1.82) is 0 Å². The second-order valence-corrected chi connectivity index (χ2v) is 1.71. The molecule has 0 radical (unpaired) electrons. The Bertz CT molecular complexity index is 35.7. The van der Waals surface area contributed by atoms with Gasteiger partial charge in [-0.25, -0.2) is 0 Å². The number of thiol groups is 1. The maximum absolute atomic E-state index is 5.18. The Morgan fingerprint density at radius 3 is 2.11 bits per heavy atom. The van der Waals surface area contributed by atoms with Crippen LogP contribution in [-0.4, -0.2) is 25.4 Å². The fourth-order valence-electron chi connectivity index (χ4n) is 0.306. The zero-order valence-corrected chi connectivity index (χ0v) is 7.70. The van der Waals surface area contributed by atoms with Crippen molar-refractivity contribution in [2.75, 3.05) is 25.4 Å². The average Bonchev–Trinajstić information content (AvgIpc) is 1.69. The Morgan fingerprint density at radius 2 is 1.78 bits per heavy atom. The predicted molar refractivity (Wildman–Crippen MR) is 50.3 cm³/mol. The first-order chi connectivity index (χ1) is 3.41. The first-order valence-corrected chi connectivity index (χ1v) is 3.06. The number of nitrogens with one attached hydrogen (secondary N) is 1. The molecule has 0 aromatic heterocycles. The van der Waals surface area contributed by atoms with E-state index in [-0.39, 0.29) is 24.8 Å². The molecule has 60 valence electrons. The summed E-state index contributed by atoms with van der Waals surface area (Å²) in [5.41, 5.74) is 5.18. The van der Waals surface area contributed by atoms with E-state index >= 15 is 0 Å². The smallest absolute Gasteiger partial charge is 0.00748 e. The van der Waals surface area contributed by atoms with Gasteiger partial charge < -0.3 is 11.1 Å². The van der Waals surface area contributed by atoms with E-state index in [1.54, 1.807) is 0 Å². The summed E-state index contributed by atoms with van der Waals surface area (Å²) in [6, 6.07) is 0. The van der Waals surface area contributed by atoms with Crippen LogP contribution in [0.3, 0.4) is 0 Å². The van der Waals surface area contributed by atoms with Crippen LogP contribution in [0.4, 0.5) is 0 Å². The monoisotopic (exact) mass is 192 g/mol. The fraction of sp³-hybridized carbons (Fsp3) is 1.00. The van der Waals surface area contributed by atoms with Crippen LogP contribution in [0.5, 0.6) is 0 Å². The molecule has 0 amide bonds. The minimum atomic E-state index is 0. The Labute approximate surface area is 74.2 Å². The zero-order chi connectivity index (χ0) is 5.54. The van der Waals surface area contributed by atoms with Gasteiger partial charge in [-0.2, -0.15) is 12.6 Å². The van der Waals surface area contributed by atoms with Gasteiger partial charge in [0, 0.05) is 25.4 Å². The third kappa shape index (κ3) is 17.7. The molecule has 2 nitrogen and oxygen atoms in total. The molecule has 9 heavy (non-hydrogen) atoms. The van der Waals surface area contributed by atoms with E-state index in [1.165, 1.54) is 0 Å². The molecular formula is C4H14Cl2N2S. The van der Waals surface area contributed by atoms with Crippen LogP contribution in [0, 0.1) is 0 Å². The van der Waals surface area contributed by atoms with Gasteiger partial charge in [-0.3, -0.25) is 0 Å². The topological polar surface area (TPSA) is 38.0 Å². The molecule has 0 saturated heterocycles. The van der Waals surface area contributed by atoms with Crippen molar-refractivity contribution in [3.63, 3.8) is 0 Å². The first kappa shape index (κ1) is 16.4. The molecule has 0 unspecified atom stereocenters. The summed E-state index contributed by atoms with van der Waals surface area (Å²) in [7, 11) is 0. The maximum Gasteiger partial charge on any atom is 0.00748 e. The lowest BCUT2D eigenvalue weighted by atomic mass is 10.6. The largest absolute Gasteiger partial charge is 0.329 e. The summed E-state index contributed by atoms with van der Waals surface area (Å²) in [4.78, 5) is 0. The molecule has 0 aliphatic rings. The molecule has 3 N–H and O–H groups in total. The molecule has 0 aromatic carbocycles. The van der Waals surface area contributed by atoms with Crippen LogP contribution < -0.4 is 11.1 Å². The number of rotatable bonds is 4. The predicted octanol–water partition coefficient (Wildman–Crippen LogP) is 0.308. The molecule has 0 heterocycles. The zero-order valence-electron chi connectivity index (χ0n) is 5.17. The van der Waals surface area contributed by atoms with Gasteiger partial charge in [-0.05, 0) is 0 Å². The van der Waals surface area contributed by atoms with E-state index in [4.69, 9.17) is 5.73 Å². The minimum Gasteiger partial charge on any atom is -0.329 e. The van der Waals surface area contributed by atoms with Gasteiger partial charge in [-0.1, -0.05) is 0 Å². The van der Waals surface area contributed by atoms with Gasteiger partial charge in [0.15, 0.2) is 0 Å². The lowest BCUT2D eigenvalue weighted by Gasteiger charge is -1.95. The number of hydrogen-bond acceptors (Lipinski definition) is 3. The van der Waals surface area contributed by atoms with Crippen LogP contribution in [-0.2, 0) is 0 Å². The molecule has 5 heteroatoms.